The lowest BCUT2D eigenvalue weighted by molar-refractivity contribution is 0.339. The van der Waals surface area contributed by atoms with Crippen molar-refractivity contribution in [2.24, 2.45) is 0 Å². The quantitative estimate of drug-likeness (QED) is 0.879. The average molecular weight is 313 g/mol. The molecule has 1 aromatic carbocycles. The molecule has 0 fully saturated rings. The van der Waals surface area contributed by atoms with E-state index in [-0.39, 0.29) is 10.9 Å². The fourth-order valence-electron chi connectivity index (χ4n) is 2.48. The van der Waals surface area contributed by atoms with Gasteiger partial charge in [0.05, 0.1) is 15.9 Å². The second kappa shape index (κ2) is 5.31. The molecule has 0 spiro atoms. The second-order valence-electron chi connectivity index (χ2n) is 5.33. The van der Waals surface area contributed by atoms with Crippen LogP contribution in [0.3, 0.4) is 0 Å². The molecule has 7 heteroatoms. The van der Waals surface area contributed by atoms with Gasteiger partial charge in [-0.1, -0.05) is 6.07 Å². The van der Waals surface area contributed by atoms with Gasteiger partial charge >= 0.3 is 0 Å². The van der Waals surface area contributed by atoms with Crippen LogP contribution in [0.1, 0.15) is 13.0 Å². The van der Waals surface area contributed by atoms with Crippen LogP contribution in [0.5, 0.6) is 0 Å². The highest BCUT2D eigenvalue weighted by atomic mass is 32.2. The van der Waals surface area contributed by atoms with Gasteiger partial charge in [-0.05, 0) is 45.4 Å². The highest BCUT2D eigenvalue weighted by Gasteiger charge is 2.18. The number of nitrogens with zero attached hydrogens (tertiary/aromatic N) is 2. The molecule has 0 bridgehead atoms. The van der Waals surface area contributed by atoms with Crippen molar-refractivity contribution < 1.29 is 8.42 Å². The summed E-state index contributed by atoms with van der Waals surface area (Å²) in [6.07, 6.45) is 1.21. The molecule has 1 aromatic heterocycles. The van der Waals surface area contributed by atoms with Crippen LogP contribution >= 0.6 is 12.2 Å². The number of nitrogens with one attached hydrogen (secondary N) is 1. The predicted octanol–water partition coefficient (Wildman–Crippen LogP) is 2.22. The zero-order valence-corrected chi connectivity index (χ0v) is 13.7. The van der Waals surface area contributed by atoms with Gasteiger partial charge in [-0.2, -0.15) is 0 Å². The van der Waals surface area contributed by atoms with Gasteiger partial charge in [0.25, 0.3) is 0 Å². The molecule has 0 aliphatic heterocycles. The van der Waals surface area contributed by atoms with E-state index < -0.39 is 9.84 Å². The number of rotatable bonds is 4. The number of benzene rings is 1. The first-order valence-corrected chi connectivity index (χ1v) is 8.60. The van der Waals surface area contributed by atoms with E-state index >= 15 is 0 Å². The van der Waals surface area contributed by atoms with Gasteiger partial charge in [-0.15, -0.1) is 0 Å². The number of aromatic nitrogens is 2. The zero-order valence-electron chi connectivity index (χ0n) is 12.0. The highest BCUT2D eigenvalue weighted by molar-refractivity contribution is 7.91. The number of likely N-dealkylation sites (N-methyl/N-ethyl adjacent to an activating group) is 1. The van der Waals surface area contributed by atoms with E-state index in [1.807, 2.05) is 24.7 Å². The molecule has 5 nitrogen and oxygen atoms in total. The van der Waals surface area contributed by atoms with Gasteiger partial charge in [-0.25, -0.2) is 8.42 Å². The highest BCUT2D eigenvalue weighted by Crippen LogP contribution is 2.25. The lowest BCUT2D eigenvalue weighted by Crippen LogP contribution is -2.22. The molecule has 1 heterocycles. The van der Waals surface area contributed by atoms with Crippen molar-refractivity contribution in [2.45, 2.75) is 17.9 Å². The molecular formula is C13H19N3O2S2. The van der Waals surface area contributed by atoms with Crippen molar-refractivity contribution in [3.05, 3.63) is 23.0 Å². The lowest BCUT2D eigenvalue weighted by atomic mass is 10.2. The second-order valence-corrected chi connectivity index (χ2v) is 7.70. The summed E-state index contributed by atoms with van der Waals surface area (Å²) in [5.74, 6) is 0. The summed E-state index contributed by atoms with van der Waals surface area (Å²) in [5.41, 5.74) is 1.41. The van der Waals surface area contributed by atoms with E-state index in [1.165, 1.54) is 6.26 Å². The molecule has 20 heavy (non-hydrogen) atoms. The number of H-pyrrole nitrogens is 1. The van der Waals surface area contributed by atoms with Gasteiger partial charge in [0.15, 0.2) is 14.6 Å². The molecule has 0 radical (unpaired) electrons. The molecule has 0 aliphatic carbocycles. The molecule has 2 rings (SSSR count). The Hall–Kier alpha value is -1.18. The zero-order chi connectivity index (χ0) is 15.1. The Morgan fingerprint density at radius 1 is 1.40 bits per heavy atom. The SMILES string of the molecule is CC(CN(C)C)n1c(=S)[nH]c2c(S(C)(=O)=O)cccc21. The molecule has 0 aliphatic rings. The fourth-order valence-corrected chi connectivity index (χ4v) is 3.71. The van der Waals surface area contributed by atoms with E-state index in [4.69, 9.17) is 12.2 Å². The van der Waals surface area contributed by atoms with Crippen molar-refractivity contribution in [2.75, 3.05) is 26.9 Å². The minimum Gasteiger partial charge on any atom is -0.329 e. The van der Waals surface area contributed by atoms with Crippen LogP contribution in [0.2, 0.25) is 0 Å². The van der Waals surface area contributed by atoms with Gasteiger partial charge in [0.2, 0.25) is 0 Å². The van der Waals surface area contributed by atoms with Crippen LogP contribution in [-0.2, 0) is 9.84 Å². The third kappa shape index (κ3) is 2.79. The molecule has 110 valence electrons. The molecule has 1 atom stereocenters. The van der Waals surface area contributed by atoms with Crippen molar-refractivity contribution in [1.82, 2.24) is 14.5 Å². The molecular weight excluding hydrogens is 294 g/mol. The number of hydrogen-bond donors (Lipinski definition) is 1. The van der Waals surface area contributed by atoms with E-state index in [1.54, 1.807) is 12.1 Å². The minimum absolute atomic E-state index is 0.154. The fraction of sp³-hybridized carbons (Fsp3) is 0.462. The minimum atomic E-state index is -3.28. The number of para-hydroxylation sites is 1. The Morgan fingerprint density at radius 3 is 2.60 bits per heavy atom. The molecule has 0 amide bonds. The number of aromatic amines is 1. The van der Waals surface area contributed by atoms with E-state index in [0.29, 0.717) is 10.3 Å². The summed E-state index contributed by atoms with van der Waals surface area (Å²) in [6, 6.07) is 5.40. The molecule has 1 unspecified atom stereocenters. The maximum atomic E-state index is 11.8. The summed E-state index contributed by atoms with van der Waals surface area (Å²) in [5, 5.41) is 0. The summed E-state index contributed by atoms with van der Waals surface area (Å²) in [4.78, 5) is 5.40. The monoisotopic (exact) mass is 313 g/mol. The lowest BCUT2D eigenvalue weighted by Gasteiger charge is -2.19. The standard InChI is InChI=1S/C13H19N3O2S2/c1-9(8-15(2)3)16-10-6-5-7-11(20(4,17)18)12(10)14-13(16)19/h5-7,9H,8H2,1-4H3,(H,14,19). The number of imidazole rings is 1. The molecule has 0 saturated carbocycles. The van der Waals surface area contributed by atoms with Crippen LogP contribution < -0.4 is 0 Å². The van der Waals surface area contributed by atoms with E-state index in [2.05, 4.69) is 16.8 Å². The Bertz CT molecular complexity index is 788. The molecule has 2 aromatic rings. The molecule has 1 N–H and O–H groups in total. The first-order valence-electron chi connectivity index (χ1n) is 6.30. The maximum absolute atomic E-state index is 11.8. The Morgan fingerprint density at radius 2 is 2.05 bits per heavy atom. The van der Waals surface area contributed by atoms with Crippen LogP contribution in [0.15, 0.2) is 23.1 Å². The average Bonchev–Trinajstić information content (AvgIpc) is 2.61. The Kier molecular flexibility index (Phi) is 4.04. The van der Waals surface area contributed by atoms with Gasteiger partial charge in [0, 0.05) is 18.8 Å². The smallest absolute Gasteiger partial charge is 0.178 e. The maximum Gasteiger partial charge on any atom is 0.178 e. The largest absolute Gasteiger partial charge is 0.329 e. The van der Waals surface area contributed by atoms with Crippen LogP contribution in [0.4, 0.5) is 0 Å². The number of fused-ring (bicyclic) bond motifs is 1. The Balaban J connectivity index is 2.71. The van der Waals surface area contributed by atoms with Crippen LogP contribution in [0, 0.1) is 4.77 Å². The van der Waals surface area contributed by atoms with Crippen molar-refractivity contribution in [1.29, 1.82) is 0 Å². The van der Waals surface area contributed by atoms with Crippen LogP contribution in [0.25, 0.3) is 11.0 Å². The predicted molar refractivity (Wildman–Crippen MR) is 83.5 cm³/mol. The molecule has 0 saturated heterocycles. The summed E-state index contributed by atoms with van der Waals surface area (Å²) >= 11 is 5.36. The first-order chi connectivity index (χ1) is 9.21. The summed E-state index contributed by atoms with van der Waals surface area (Å²) in [6.45, 7) is 2.89. The summed E-state index contributed by atoms with van der Waals surface area (Å²) < 4.78 is 26.2. The van der Waals surface area contributed by atoms with Crippen molar-refractivity contribution in [3.63, 3.8) is 0 Å². The summed E-state index contributed by atoms with van der Waals surface area (Å²) in [7, 11) is 0.711. The van der Waals surface area contributed by atoms with E-state index in [0.717, 1.165) is 12.1 Å². The van der Waals surface area contributed by atoms with Gasteiger partial charge in [-0.3, -0.25) is 0 Å². The van der Waals surface area contributed by atoms with Crippen molar-refractivity contribution in [3.8, 4) is 0 Å². The first kappa shape index (κ1) is 15.2. The van der Waals surface area contributed by atoms with E-state index in [9.17, 15) is 8.42 Å². The van der Waals surface area contributed by atoms with Gasteiger partial charge in [0.1, 0.15) is 0 Å². The number of hydrogen-bond acceptors (Lipinski definition) is 4. The Labute approximate surface area is 124 Å². The van der Waals surface area contributed by atoms with Crippen molar-refractivity contribution >= 4 is 33.1 Å². The third-order valence-electron chi connectivity index (χ3n) is 3.18. The van der Waals surface area contributed by atoms with Crippen LogP contribution in [-0.4, -0.2) is 49.8 Å². The normalized spacial score (nSPS) is 14.1. The topological polar surface area (TPSA) is 58.1 Å². The number of sulfone groups is 1. The van der Waals surface area contributed by atoms with Gasteiger partial charge < -0.3 is 14.5 Å². The third-order valence-corrected chi connectivity index (χ3v) is 4.62.